The van der Waals surface area contributed by atoms with E-state index in [1.165, 1.54) is 11.3 Å². The largest absolute Gasteiger partial charge is 0.397 e. The molecule has 5 nitrogen and oxygen atoms in total. The zero-order chi connectivity index (χ0) is 15.1. The Balaban J connectivity index is 1.75. The average Bonchev–Trinajstić information content (AvgIpc) is 3.30. The number of aromatic nitrogens is 2. The van der Waals surface area contributed by atoms with Gasteiger partial charge in [0.15, 0.2) is 0 Å². The van der Waals surface area contributed by atoms with Gasteiger partial charge in [-0.15, -0.1) is 11.3 Å². The molecule has 0 atom stereocenters. The second-order valence-electron chi connectivity index (χ2n) is 5.38. The number of anilines is 1. The van der Waals surface area contributed by atoms with Crippen LogP contribution in [0.5, 0.6) is 0 Å². The molecule has 3 heterocycles. The van der Waals surface area contributed by atoms with E-state index in [9.17, 15) is 4.79 Å². The smallest absolute Gasteiger partial charge is 0.263 e. The van der Waals surface area contributed by atoms with Crippen LogP contribution in [0.1, 0.15) is 22.5 Å². The first kappa shape index (κ1) is 13.2. The van der Waals surface area contributed by atoms with Crippen molar-refractivity contribution in [3.05, 3.63) is 41.5 Å². The summed E-state index contributed by atoms with van der Waals surface area (Å²) >= 11 is 1.35. The van der Waals surface area contributed by atoms with Gasteiger partial charge in [-0.25, -0.2) is 4.98 Å². The number of amides is 1. The summed E-state index contributed by atoms with van der Waals surface area (Å²) in [7, 11) is 0. The van der Waals surface area contributed by atoms with Gasteiger partial charge in [0.05, 0.1) is 11.4 Å². The van der Waals surface area contributed by atoms with Crippen LogP contribution in [-0.4, -0.2) is 21.9 Å². The number of nitrogens with zero attached hydrogens (tertiary/aromatic N) is 2. The van der Waals surface area contributed by atoms with Crippen LogP contribution < -0.4 is 11.1 Å². The summed E-state index contributed by atoms with van der Waals surface area (Å²) in [5, 5.41) is 3.81. The van der Waals surface area contributed by atoms with Gasteiger partial charge >= 0.3 is 0 Å². The highest BCUT2D eigenvalue weighted by Crippen LogP contribution is 2.34. The molecule has 0 saturated heterocycles. The third-order valence-corrected chi connectivity index (χ3v) is 4.80. The summed E-state index contributed by atoms with van der Waals surface area (Å²) in [6, 6.07) is 7.98. The molecule has 4 rings (SSSR count). The second-order valence-corrected chi connectivity index (χ2v) is 6.38. The Hall–Kier alpha value is -2.47. The molecule has 0 aliphatic heterocycles. The van der Waals surface area contributed by atoms with Crippen LogP contribution in [0.3, 0.4) is 0 Å². The van der Waals surface area contributed by atoms with E-state index >= 15 is 0 Å². The molecule has 110 valence electrons. The van der Waals surface area contributed by atoms with E-state index < -0.39 is 0 Å². The molecule has 1 aliphatic carbocycles. The van der Waals surface area contributed by atoms with Gasteiger partial charge in [0.2, 0.25) is 0 Å². The molecule has 1 aliphatic rings. The Morgan fingerprint density at radius 2 is 2.00 bits per heavy atom. The van der Waals surface area contributed by atoms with Crippen molar-refractivity contribution in [3.8, 4) is 11.3 Å². The van der Waals surface area contributed by atoms with Crippen molar-refractivity contribution < 1.29 is 4.79 Å². The van der Waals surface area contributed by atoms with Gasteiger partial charge in [-0.3, -0.25) is 9.78 Å². The van der Waals surface area contributed by atoms with Gasteiger partial charge in [-0.05, 0) is 37.1 Å². The minimum Gasteiger partial charge on any atom is -0.397 e. The van der Waals surface area contributed by atoms with Crippen LogP contribution in [0.2, 0.25) is 0 Å². The van der Waals surface area contributed by atoms with E-state index in [2.05, 4.69) is 15.3 Å². The first-order valence-electron chi connectivity index (χ1n) is 7.12. The number of fused-ring (bicyclic) bond motifs is 1. The molecule has 1 fully saturated rings. The fourth-order valence-corrected chi connectivity index (χ4v) is 3.32. The van der Waals surface area contributed by atoms with Crippen LogP contribution in [-0.2, 0) is 0 Å². The highest BCUT2D eigenvalue weighted by molar-refractivity contribution is 7.21. The molecule has 0 bridgehead atoms. The number of thiophene rings is 1. The van der Waals surface area contributed by atoms with Crippen molar-refractivity contribution in [2.75, 3.05) is 5.73 Å². The Morgan fingerprint density at radius 3 is 2.73 bits per heavy atom. The van der Waals surface area contributed by atoms with Crippen LogP contribution in [0, 0.1) is 0 Å². The highest BCUT2D eigenvalue weighted by atomic mass is 32.1. The zero-order valence-corrected chi connectivity index (χ0v) is 12.6. The maximum atomic E-state index is 12.2. The summed E-state index contributed by atoms with van der Waals surface area (Å²) in [4.78, 5) is 22.2. The predicted octanol–water partition coefficient (Wildman–Crippen LogP) is 2.83. The maximum absolute atomic E-state index is 12.2. The first-order chi connectivity index (χ1) is 10.7. The molecule has 0 aromatic carbocycles. The quantitative estimate of drug-likeness (QED) is 0.779. The number of carbonyl (C=O) groups excluding carboxylic acids is 1. The van der Waals surface area contributed by atoms with Crippen molar-refractivity contribution >= 4 is 33.1 Å². The van der Waals surface area contributed by atoms with E-state index in [0.717, 1.165) is 34.3 Å². The number of hydrogen-bond donors (Lipinski definition) is 2. The fraction of sp³-hybridized carbons (Fsp3) is 0.188. The number of hydrogen-bond acceptors (Lipinski definition) is 5. The summed E-state index contributed by atoms with van der Waals surface area (Å²) in [5.74, 6) is -0.0894. The normalized spacial score (nSPS) is 14.2. The van der Waals surface area contributed by atoms with Crippen molar-refractivity contribution in [1.82, 2.24) is 15.3 Å². The molecular formula is C16H14N4OS. The van der Waals surface area contributed by atoms with Gasteiger partial charge in [-0.2, -0.15) is 0 Å². The maximum Gasteiger partial charge on any atom is 0.263 e. The molecule has 3 aromatic rings. The lowest BCUT2D eigenvalue weighted by atomic mass is 10.1. The van der Waals surface area contributed by atoms with E-state index in [0.29, 0.717) is 16.6 Å². The molecular weight excluding hydrogens is 296 g/mol. The van der Waals surface area contributed by atoms with Crippen LogP contribution in [0.15, 0.2) is 36.7 Å². The standard InChI is InChI=1S/C16H14N4OS/c17-13-11-3-4-12(9-5-7-18-8-6-9)20-16(11)22-14(13)15(21)19-10-1-2-10/h3-8,10H,1-2,17H2,(H,19,21). The number of nitrogen functional groups attached to an aromatic ring is 1. The summed E-state index contributed by atoms with van der Waals surface area (Å²) in [6.07, 6.45) is 5.58. The van der Waals surface area contributed by atoms with E-state index in [1.807, 2.05) is 24.3 Å². The molecule has 3 aromatic heterocycles. The number of rotatable bonds is 3. The molecule has 0 unspecified atom stereocenters. The lowest BCUT2D eigenvalue weighted by Gasteiger charge is -2.01. The second kappa shape index (κ2) is 5.06. The number of nitrogens with two attached hydrogens (primary N) is 1. The van der Waals surface area contributed by atoms with Crippen molar-refractivity contribution in [3.63, 3.8) is 0 Å². The molecule has 6 heteroatoms. The molecule has 1 saturated carbocycles. The van der Waals surface area contributed by atoms with Crippen LogP contribution in [0.4, 0.5) is 5.69 Å². The SMILES string of the molecule is Nc1c(C(=O)NC2CC2)sc2nc(-c3ccncc3)ccc12. The van der Waals surface area contributed by atoms with Gasteiger partial charge in [0, 0.05) is 29.4 Å². The average molecular weight is 310 g/mol. The molecule has 0 radical (unpaired) electrons. The Bertz CT molecular complexity index is 855. The summed E-state index contributed by atoms with van der Waals surface area (Å²) < 4.78 is 0. The lowest BCUT2D eigenvalue weighted by molar-refractivity contribution is 0.0956. The minimum absolute atomic E-state index is 0.0894. The third kappa shape index (κ3) is 2.31. The Morgan fingerprint density at radius 1 is 1.23 bits per heavy atom. The molecule has 1 amide bonds. The van der Waals surface area contributed by atoms with E-state index in [1.54, 1.807) is 12.4 Å². The summed E-state index contributed by atoms with van der Waals surface area (Å²) in [5.41, 5.74) is 8.49. The zero-order valence-electron chi connectivity index (χ0n) is 11.7. The Kier molecular flexibility index (Phi) is 3.04. The van der Waals surface area contributed by atoms with Crippen LogP contribution >= 0.6 is 11.3 Å². The monoisotopic (exact) mass is 310 g/mol. The van der Waals surface area contributed by atoms with Gasteiger partial charge in [0.25, 0.3) is 5.91 Å². The minimum atomic E-state index is -0.0894. The van der Waals surface area contributed by atoms with Gasteiger partial charge in [-0.1, -0.05) is 0 Å². The fourth-order valence-electron chi connectivity index (χ4n) is 2.33. The Labute approximate surface area is 131 Å². The van der Waals surface area contributed by atoms with Gasteiger partial charge in [0.1, 0.15) is 9.71 Å². The molecule has 0 spiro atoms. The number of pyridine rings is 2. The highest BCUT2D eigenvalue weighted by Gasteiger charge is 2.26. The van der Waals surface area contributed by atoms with E-state index in [-0.39, 0.29) is 5.91 Å². The van der Waals surface area contributed by atoms with Crippen molar-refractivity contribution in [2.45, 2.75) is 18.9 Å². The van der Waals surface area contributed by atoms with Crippen LogP contribution in [0.25, 0.3) is 21.5 Å². The molecule has 22 heavy (non-hydrogen) atoms. The van der Waals surface area contributed by atoms with Crippen molar-refractivity contribution in [2.24, 2.45) is 0 Å². The third-order valence-electron chi connectivity index (χ3n) is 3.69. The van der Waals surface area contributed by atoms with Gasteiger partial charge < -0.3 is 11.1 Å². The predicted molar refractivity (Wildman–Crippen MR) is 87.8 cm³/mol. The van der Waals surface area contributed by atoms with Crippen molar-refractivity contribution in [1.29, 1.82) is 0 Å². The molecule has 3 N–H and O–H groups in total. The summed E-state index contributed by atoms with van der Waals surface area (Å²) in [6.45, 7) is 0. The first-order valence-corrected chi connectivity index (χ1v) is 7.94. The lowest BCUT2D eigenvalue weighted by Crippen LogP contribution is -2.25. The topological polar surface area (TPSA) is 80.9 Å². The number of carbonyl (C=O) groups is 1. The number of nitrogens with one attached hydrogen (secondary N) is 1. The van der Waals surface area contributed by atoms with E-state index in [4.69, 9.17) is 5.73 Å².